The molecule has 1 atom stereocenters. The van der Waals surface area contributed by atoms with E-state index in [9.17, 15) is 4.79 Å². The van der Waals surface area contributed by atoms with E-state index in [0.717, 1.165) is 20.8 Å². The minimum absolute atomic E-state index is 0.262. The van der Waals surface area contributed by atoms with Gasteiger partial charge in [0.2, 0.25) is 0 Å². The Bertz CT molecular complexity index is 278. The lowest BCUT2D eigenvalue weighted by Gasteiger charge is -2.07. The molecule has 4 heteroatoms. The first-order chi connectivity index (χ1) is 5.66. The van der Waals surface area contributed by atoms with Crippen molar-refractivity contribution >= 4 is 54.1 Å². The summed E-state index contributed by atoms with van der Waals surface area (Å²) in [7, 11) is 0. The highest BCUT2D eigenvalue weighted by molar-refractivity contribution is 9.11. The molecule has 0 spiro atoms. The third-order valence-corrected chi connectivity index (χ3v) is 3.45. The molecule has 0 aliphatic heterocycles. The lowest BCUT2D eigenvalue weighted by molar-refractivity contribution is -0.107. The minimum atomic E-state index is -0.262. The number of alkyl halides is 1. The summed E-state index contributed by atoms with van der Waals surface area (Å²) in [5, 5.41) is 0. The number of halogens is 3. The number of carbonyl (C=O) groups is 1. The predicted molar refractivity (Wildman–Crippen MR) is 59.6 cm³/mol. The summed E-state index contributed by atoms with van der Waals surface area (Å²) >= 11 is 10.00. The lowest BCUT2D eigenvalue weighted by atomic mass is 10.2. The number of benzene rings is 1. The summed E-state index contributed by atoms with van der Waals surface area (Å²) in [5.41, 5.74) is 0.924. The first kappa shape index (κ1) is 10.4. The van der Waals surface area contributed by atoms with Crippen molar-refractivity contribution in [3.05, 3.63) is 32.7 Å². The van der Waals surface area contributed by atoms with Gasteiger partial charge in [0.15, 0.2) is 0 Å². The molecule has 0 aromatic heterocycles. The van der Waals surface area contributed by atoms with Crippen molar-refractivity contribution in [1.82, 2.24) is 0 Å². The molecule has 0 aliphatic rings. The largest absolute Gasteiger partial charge is 0.302 e. The first-order valence-electron chi connectivity index (χ1n) is 3.20. The summed E-state index contributed by atoms with van der Waals surface area (Å²) in [6.45, 7) is 0. The highest BCUT2D eigenvalue weighted by Gasteiger charge is 2.12. The third-order valence-electron chi connectivity index (χ3n) is 1.39. The molecule has 0 radical (unpaired) electrons. The maximum Gasteiger partial charge on any atom is 0.138 e. The SMILES string of the molecule is O=CC(Br)c1c(Br)cccc1Br. The molecule has 0 amide bonds. The zero-order valence-corrected chi connectivity index (χ0v) is 10.7. The van der Waals surface area contributed by atoms with Crippen LogP contribution in [0.3, 0.4) is 0 Å². The van der Waals surface area contributed by atoms with Crippen LogP contribution in [0.1, 0.15) is 10.4 Å². The maximum absolute atomic E-state index is 10.5. The fraction of sp³-hybridized carbons (Fsp3) is 0.125. The quantitative estimate of drug-likeness (QED) is 0.581. The van der Waals surface area contributed by atoms with Gasteiger partial charge in [-0.2, -0.15) is 0 Å². The summed E-state index contributed by atoms with van der Waals surface area (Å²) in [6, 6.07) is 5.71. The zero-order chi connectivity index (χ0) is 9.14. The van der Waals surface area contributed by atoms with Crippen LogP contribution in [-0.4, -0.2) is 6.29 Å². The molecule has 0 saturated heterocycles. The molecule has 0 aliphatic carbocycles. The smallest absolute Gasteiger partial charge is 0.138 e. The Balaban J connectivity index is 3.20. The summed E-state index contributed by atoms with van der Waals surface area (Å²) < 4.78 is 1.84. The first-order valence-corrected chi connectivity index (χ1v) is 5.70. The topological polar surface area (TPSA) is 17.1 Å². The third kappa shape index (κ3) is 2.18. The van der Waals surface area contributed by atoms with Crippen molar-refractivity contribution in [3.63, 3.8) is 0 Å². The second kappa shape index (κ2) is 4.53. The molecule has 0 fully saturated rings. The van der Waals surface area contributed by atoms with Gasteiger partial charge in [-0.1, -0.05) is 53.9 Å². The van der Waals surface area contributed by atoms with E-state index in [0.29, 0.717) is 0 Å². The molecule has 12 heavy (non-hydrogen) atoms. The number of carbonyl (C=O) groups excluding carboxylic acids is 1. The number of rotatable bonds is 2. The van der Waals surface area contributed by atoms with Crippen LogP contribution in [0.25, 0.3) is 0 Å². The van der Waals surface area contributed by atoms with Gasteiger partial charge in [-0.05, 0) is 12.1 Å². The van der Waals surface area contributed by atoms with Gasteiger partial charge in [-0.15, -0.1) is 0 Å². The van der Waals surface area contributed by atoms with E-state index < -0.39 is 0 Å². The fourth-order valence-electron chi connectivity index (χ4n) is 0.842. The van der Waals surface area contributed by atoms with E-state index in [-0.39, 0.29) is 4.83 Å². The standard InChI is InChI=1S/C8H5Br3O/c9-5-2-1-3-6(10)8(5)7(11)4-12/h1-4,7H. The van der Waals surface area contributed by atoms with Crippen LogP contribution in [0.5, 0.6) is 0 Å². The molecular weight excluding hydrogens is 352 g/mol. The van der Waals surface area contributed by atoms with Crippen LogP contribution in [0, 0.1) is 0 Å². The molecule has 1 aromatic carbocycles. The van der Waals surface area contributed by atoms with E-state index in [1.54, 1.807) is 0 Å². The van der Waals surface area contributed by atoms with Crippen molar-refractivity contribution in [1.29, 1.82) is 0 Å². The zero-order valence-electron chi connectivity index (χ0n) is 5.93. The molecule has 0 N–H and O–H groups in total. The Hall–Kier alpha value is 0.330. The Labute approximate surface area is 95.9 Å². The van der Waals surface area contributed by atoms with Crippen LogP contribution >= 0.6 is 47.8 Å². The van der Waals surface area contributed by atoms with Gasteiger partial charge < -0.3 is 4.79 Å². The molecule has 1 nitrogen and oxygen atoms in total. The van der Waals surface area contributed by atoms with Gasteiger partial charge in [0.1, 0.15) is 6.29 Å². The van der Waals surface area contributed by atoms with Gasteiger partial charge >= 0.3 is 0 Å². The van der Waals surface area contributed by atoms with Crippen molar-refractivity contribution in [3.8, 4) is 0 Å². The molecule has 0 saturated carbocycles. The summed E-state index contributed by atoms with van der Waals surface area (Å²) in [4.78, 5) is 10.3. The van der Waals surface area contributed by atoms with Gasteiger partial charge in [-0.3, -0.25) is 0 Å². The predicted octanol–water partition coefficient (Wildman–Crippen LogP) is 3.85. The van der Waals surface area contributed by atoms with Gasteiger partial charge in [0.05, 0.1) is 4.83 Å². The maximum atomic E-state index is 10.5. The molecule has 64 valence electrons. The van der Waals surface area contributed by atoms with Crippen LogP contribution in [-0.2, 0) is 4.79 Å². The highest BCUT2D eigenvalue weighted by atomic mass is 79.9. The molecule has 1 rings (SSSR count). The average Bonchev–Trinajstić information content (AvgIpc) is 2.03. The molecule has 0 bridgehead atoms. The Kier molecular flexibility index (Phi) is 3.93. The molecule has 1 unspecified atom stereocenters. The normalized spacial score (nSPS) is 12.6. The minimum Gasteiger partial charge on any atom is -0.302 e. The van der Waals surface area contributed by atoms with E-state index in [4.69, 9.17) is 0 Å². The van der Waals surface area contributed by atoms with E-state index in [1.165, 1.54) is 0 Å². The van der Waals surface area contributed by atoms with Gasteiger partial charge in [0.25, 0.3) is 0 Å². The van der Waals surface area contributed by atoms with Crippen LogP contribution in [0.4, 0.5) is 0 Å². The number of hydrogen-bond donors (Lipinski definition) is 0. The van der Waals surface area contributed by atoms with Crippen molar-refractivity contribution in [2.24, 2.45) is 0 Å². The number of aldehydes is 1. The highest BCUT2D eigenvalue weighted by Crippen LogP contribution is 2.33. The van der Waals surface area contributed by atoms with Crippen LogP contribution < -0.4 is 0 Å². The van der Waals surface area contributed by atoms with Crippen LogP contribution in [0.15, 0.2) is 27.1 Å². The van der Waals surface area contributed by atoms with Crippen molar-refractivity contribution in [2.45, 2.75) is 4.83 Å². The average molecular weight is 357 g/mol. The Morgan fingerprint density at radius 2 is 1.75 bits per heavy atom. The second-order valence-electron chi connectivity index (χ2n) is 2.17. The van der Waals surface area contributed by atoms with Gasteiger partial charge in [0, 0.05) is 14.5 Å². The molecule has 0 heterocycles. The molecular formula is C8H5Br3O. The Morgan fingerprint density at radius 1 is 1.25 bits per heavy atom. The van der Waals surface area contributed by atoms with Gasteiger partial charge in [-0.25, -0.2) is 0 Å². The Morgan fingerprint density at radius 3 is 2.17 bits per heavy atom. The van der Waals surface area contributed by atoms with E-state index >= 15 is 0 Å². The van der Waals surface area contributed by atoms with E-state index in [2.05, 4.69) is 47.8 Å². The summed E-state index contributed by atoms with van der Waals surface area (Å²) in [6.07, 6.45) is 0.852. The fourth-order valence-corrected chi connectivity index (χ4v) is 3.44. The van der Waals surface area contributed by atoms with E-state index in [1.807, 2.05) is 18.2 Å². The summed E-state index contributed by atoms with van der Waals surface area (Å²) in [5.74, 6) is 0. The lowest BCUT2D eigenvalue weighted by Crippen LogP contribution is -1.93. The van der Waals surface area contributed by atoms with Crippen molar-refractivity contribution < 1.29 is 4.79 Å². The number of hydrogen-bond acceptors (Lipinski definition) is 1. The van der Waals surface area contributed by atoms with Crippen molar-refractivity contribution in [2.75, 3.05) is 0 Å². The monoisotopic (exact) mass is 354 g/mol. The second-order valence-corrected chi connectivity index (χ2v) is 4.87. The van der Waals surface area contributed by atoms with Crippen LogP contribution in [0.2, 0.25) is 0 Å². The molecule has 1 aromatic rings.